The number of aliphatic hydroxyl groups excluding tert-OH is 1. The summed E-state index contributed by atoms with van der Waals surface area (Å²) in [5, 5.41) is 9.72. The van der Waals surface area contributed by atoms with Gasteiger partial charge in [0.05, 0.1) is 32.0 Å². The molecule has 16 heteroatoms. The molecule has 3 unspecified atom stereocenters. The second kappa shape index (κ2) is 30.9. The highest BCUT2D eigenvalue weighted by Crippen LogP contribution is 2.44. The van der Waals surface area contributed by atoms with Crippen LogP contribution in [0, 0.1) is 5.92 Å². The fourth-order valence-corrected chi connectivity index (χ4v) is 6.93. The molecule has 0 amide bonds. The molecule has 1 aliphatic rings. The lowest BCUT2D eigenvalue weighted by atomic mass is 10.0. The molecule has 318 valence electrons. The largest absolute Gasteiger partial charge is 0.472 e. The van der Waals surface area contributed by atoms with Gasteiger partial charge in [0, 0.05) is 12.8 Å². The molecule has 0 radical (unpaired) electrons. The van der Waals surface area contributed by atoms with Crippen molar-refractivity contribution in [3.05, 3.63) is 12.2 Å². The lowest BCUT2D eigenvalue weighted by molar-refractivity contribution is -0.161. The van der Waals surface area contributed by atoms with Crippen molar-refractivity contribution in [1.29, 1.82) is 0 Å². The Morgan fingerprint density at radius 3 is 1.89 bits per heavy atom. The summed E-state index contributed by atoms with van der Waals surface area (Å²) in [4.78, 5) is 52.5. The molecule has 1 fully saturated rings. The molecule has 5 atom stereocenters. The van der Waals surface area contributed by atoms with Gasteiger partial charge in [0.2, 0.25) is 0 Å². The number of hydrogen-bond acceptors (Lipinski definition) is 11. The number of rotatable bonds is 37. The third-order valence-electron chi connectivity index (χ3n) is 9.00. The lowest BCUT2D eigenvalue weighted by Crippen LogP contribution is -2.30. The summed E-state index contributed by atoms with van der Waals surface area (Å²) in [6.07, 6.45) is 24.0. The van der Waals surface area contributed by atoms with Crippen molar-refractivity contribution in [2.45, 2.75) is 186 Å². The van der Waals surface area contributed by atoms with Crippen LogP contribution in [-0.2, 0) is 46.5 Å². The zero-order valence-electron chi connectivity index (χ0n) is 33.2. The van der Waals surface area contributed by atoms with Crippen LogP contribution in [0.5, 0.6) is 0 Å². The number of epoxide rings is 1. The normalized spacial score (nSPS) is 18.1. The van der Waals surface area contributed by atoms with Crippen molar-refractivity contribution >= 4 is 27.6 Å². The van der Waals surface area contributed by atoms with Crippen molar-refractivity contribution in [2.24, 2.45) is 5.92 Å². The van der Waals surface area contributed by atoms with Crippen LogP contribution in [-0.4, -0.2) is 82.6 Å². The van der Waals surface area contributed by atoms with Crippen molar-refractivity contribution in [1.82, 2.24) is 0 Å². The van der Waals surface area contributed by atoms with E-state index in [1.165, 1.54) is 57.8 Å². The van der Waals surface area contributed by atoms with E-state index < -0.39 is 66.2 Å². The van der Waals surface area contributed by atoms with Crippen LogP contribution in [0.25, 0.3) is 0 Å². The summed E-state index contributed by atoms with van der Waals surface area (Å²) >= 11 is 0. The number of hydrogen-bond donors (Lipinski definition) is 4. The van der Waals surface area contributed by atoms with E-state index in [9.17, 15) is 28.7 Å². The van der Waals surface area contributed by atoms with E-state index in [0.717, 1.165) is 63.7 Å². The van der Waals surface area contributed by atoms with Gasteiger partial charge in [-0.05, 0) is 44.4 Å². The van der Waals surface area contributed by atoms with Crippen molar-refractivity contribution in [3.63, 3.8) is 0 Å². The third kappa shape index (κ3) is 32.0. The SMILES string of the molecule is CCCCCC1OC1C/C=C\CCCCCCCC(=O)OC[C@H](COP(=O)(O)OC[C@@H](O)COP(=O)(O)O)OC(=O)CCCCCCCCCCC(C)C. The summed E-state index contributed by atoms with van der Waals surface area (Å²) in [5.74, 6) is -0.317. The Bertz CT molecular complexity index is 1100. The Hall–Kier alpha value is -1.18. The summed E-state index contributed by atoms with van der Waals surface area (Å²) in [5.41, 5.74) is 0. The number of phosphoric ester groups is 2. The molecule has 0 saturated carbocycles. The molecule has 4 N–H and O–H groups in total. The summed E-state index contributed by atoms with van der Waals surface area (Å²) in [7, 11) is -9.66. The lowest BCUT2D eigenvalue weighted by Gasteiger charge is -2.20. The van der Waals surface area contributed by atoms with E-state index >= 15 is 0 Å². The Labute approximate surface area is 324 Å². The molecule has 1 heterocycles. The first-order valence-corrected chi connectivity index (χ1v) is 23.4. The molecule has 1 rings (SSSR count). The van der Waals surface area contributed by atoms with Crippen molar-refractivity contribution in [2.75, 3.05) is 26.4 Å². The number of allylic oxidation sites excluding steroid dienone is 1. The molecule has 0 spiro atoms. The maximum atomic E-state index is 12.6. The van der Waals surface area contributed by atoms with E-state index in [0.29, 0.717) is 25.0 Å². The predicted octanol–water partition coefficient (Wildman–Crippen LogP) is 8.63. The van der Waals surface area contributed by atoms with E-state index in [2.05, 4.69) is 42.0 Å². The number of ether oxygens (including phenoxy) is 3. The van der Waals surface area contributed by atoms with Crippen LogP contribution in [0.1, 0.15) is 162 Å². The number of carbonyl (C=O) groups excluding carboxylic acids is 2. The van der Waals surface area contributed by atoms with Crippen LogP contribution in [0.15, 0.2) is 12.2 Å². The highest BCUT2D eigenvalue weighted by molar-refractivity contribution is 7.47. The monoisotopic (exact) mass is 814 g/mol. The van der Waals surface area contributed by atoms with E-state index in [1.54, 1.807) is 0 Å². The van der Waals surface area contributed by atoms with E-state index in [-0.39, 0.29) is 12.8 Å². The fourth-order valence-electron chi connectivity index (χ4n) is 5.77. The molecule has 0 aliphatic carbocycles. The Morgan fingerprint density at radius 1 is 0.685 bits per heavy atom. The zero-order valence-corrected chi connectivity index (χ0v) is 35.0. The average Bonchev–Trinajstić information content (AvgIpc) is 3.86. The molecule has 0 aromatic rings. The molecular formula is C38H72O14P2. The van der Waals surface area contributed by atoms with Crippen LogP contribution >= 0.6 is 15.6 Å². The minimum atomic E-state index is -4.86. The topological polar surface area (TPSA) is 208 Å². The van der Waals surface area contributed by atoms with Crippen LogP contribution in [0.4, 0.5) is 0 Å². The molecule has 54 heavy (non-hydrogen) atoms. The van der Waals surface area contributed by atoms with Gasteiger partial charge in [-0.15, -0.1) is 0 Å². The van der Waals surface area contributed by atoms with Gasteiger partial charge < -0.3 is 34.0 Å². The molecule has 1 aliphatic heterocycles. The summed E-state index contributed by atoms with van der Waals surface area (Å²) in [6.45, 7) is 3.96. The molecule has 0 aromatic heterocycles. The number of carbonyl (C=O) groups is 2. The highest BCUT2D eigenvalue weighted by atomic mass is 31.2. The van der Waals surface area contributed by atoms with Gasteiger partial charge in [-0.3, -0.25) is 23.2 Å². The molecule has 0 aromatic carbocycles. The van der Waals surface area contributed by atoms with Gasteiger partial charge in [0.15, 0.2) is 6.10 Å². The van der Waals surface area contributed by atoms with Gasteiger partial charge in [-0.2, -0.15) is 0 Å². The molecule has 0 bridgehead atoms. The standard InChI is InChI=1S/C38H72O14P2/c1-4-5-18-24-35-36(52-35)25-20-15-11-7-9-12-16-21-26-37(40)47-30-34(31-50-54(45,46)49-29-33(39)28-48-53(42,43)44)51-38(41)27-22-17-13-8-6-10-14-19-23-32(2)3/h15,20,32-36,39H,4-14,16-19,21-31H2,1-3H3,(H,45,46)(H2,42,43,44)/b20-15-/t33-,34+,35?,36?/m0/s1. The Kier molecular flexibility index (Phi) is 29.1. The first-order valence-electron chi connectivity index (χ1n) is 20.4. The second-order valence-electron chi connectivity index (χ2n) is 14.8. The molecule has 14 nitrogen and oxygen atoms in total. The van der Waals surface area contributed by atoms with Gasteiger partial charge in [-0.1, -0.05) is 123 Å². The quantitative estimate of drug-likeness (QED) is 0.0152. The minimum Gasteiger partial charge on any atom is -0.462 e. The van der Waals surface area contributed by atoms with Gasteiger partial charge in [0.25, 0.3) is 0 Å². The Balaban J connectivity index is 2.36. The van der Waals surface area contributed by atoms with Crippen molar-refractivity contribution in [3.8, 4) is 0 Å². The number of phosphoric acid groups is 2. The summed E-state index contributed by atoms with van der Waals surface area (Å²) < 4.78 is 53.4. The van der Waals surface area contributed by atoms with Crippen LogP contribution < -0.4 is 0 Å². The highest BCUT2D eigenvalue weighted by Gasteiger charge is 2.36. The average molecular weight is 815 g/mol. The smallest absolute Gasteiger partial charge is 0.462 e. The maximum Gasteiger partial charge on any atom is 0.472 e. The summed E-state index contributed by atoms with van der Waals surface area (Å²) in [6, 6.07) is 0. The maximum absolute atomic E-state index is 12.6. The zero-order chi connectivity index (χ0) is 40.1. The van der Waals surface area contributed by atoms with Gasteiger partial charge >= 0.3 is 27.6 Å². The second-order valence-corrected chi connectivity index (χ2v) is 17.5. The van der Waals surface area contributed by atoms with Crippen molar-refractivity contribution < 1.29 is 66.3 Å². The van der Waals surface area contributed by atoms with E-state index in [4.69, 9.17) is 28.5 Å². The van der Waals surface area contributed by atoms with Gasteiger partial charge in [0.1, 0.15) is 12.7 Å². The van der Waals surface area contributed by atoms with Crippen LogP contribution in [0.3, 0.4) is 0 Å². The first kappa shape index (κ1) is 50.8. The molecule has 1 saturated heterocycles. The van der Waals surface area contributed by atoms with Crippen LogP contribution in [0.2, 0.25) is 0 Å². The fraction of sp³-hybridized carbons (Fsp3) is 0.895. The Morgan fingerprint density at radius 2 is 1.26 bits per heavy atom. The molecular weight excluding hydrogens is 742 g/mol. The predicted molar refractivity (Wildman–Crippen MR) is 206 cm³/mol. The first-order chi connectivity index (χ1) is 25.7. The number of esters is 2. The van der Waals surface area contributed by atoms with Gasteiger partial charge in [-0.25, -0.2) is 9.13 Å². The number of aliphatic hydroxyl groups is 1. The third-order valence-corrected chi connectivity index (χ3v) is 10.4. The minimum absolute atomic E-state index is 0.127. The number of unbranched alkanes of at least 4 members (excludes halogenated alkanes) is 14. The van der Waals surface area contributed by atoms with E-state index in [1.807, 2.05) is 0 Å².